The maximum Gasteiger partial charge on any atom is 0.251 e. The molecule has 22 heavy (non-hydrogen) atoms. The van der Waals surface area contributed by atoms with E-state index in [1.165, 1.54) is 0 Å². The van der Waals surface area contributed by atoms with E-state index in [0.717, 1.165) is 22.7 Å². The lowest BCUT2D eigenvalue weighted by Crippen LogP contribution is -2.25. The van der Waals surface area contributed by atoms with Crippen molar-refractivity contribution in [1.82, 2.24) is 10.3 Å². The molecule has 2 rings (SSSR count). The van der Waals surface area contributed by atoms with Crippen LogP contribution in [-0.2, 0) is 18.4 Å². The second kappa shape index (κ2) is 7.03. The molecule has 0 aliphatic carbocycles. The van der Waals surface area contributed by atoms with E-state index < -0.39 is 0 Å². The zero-order valence-corrected chi connectivity index (χ0v) is 14.2. The summed E-state index contributed by atoms with van der Waals surface area (Å²) in [5, 5.41) is 6.13. The van der Waals surface area contributed by atoms with Crippen molar-refractivity contribution in [2.75, 3.05) is 6.54 Å². The molecule has 0 unspecified atom stereocenters. The lowest BCUT2D eigenvalue weighted by atomic mass is 9.98. The molecule has 0 fully saturated rings. The van der Waals surface area contributed by atoms with Gasteiger partial charge in [-0.05, 0) is 17.7 Å². The second-order valence-corrected chi connectivity index (χ2v) is 7.16. The summed E-state index contributed by atoms with van der Waals surface area (Å²) in [6.45, 7) is 7.54. The molecular weight excluding hydrogens is 294 g/mol. The van der Waals surface area contributed by atoms with Crippen molar-refractivity contribution >= 4 is 17.2 Å². The molecule has 1 heterocycles. The van der Waals surface area contributed by atoms with Crippen molar-refractivity contribution in [2.45, 2.75) is 39.2 Å². The second-order valence-electron chi connectivity index (χ2n) is 6.30. The van der Waals surface area contributed by atoms with Crippen molar-refractivity contribution in [3.05, 3.63) is 51.5 Å². The molecular formula is C17H23N3OS. The van der Waals surface area contributed by atoms with Gasteiger partial charge >= 0.3 is 0 Å². The van der Waals surface area contributed by atoms with Gasteiger partial charge in [-0.1, -0.05) is 32.9 Å². The predicted octanol–water partition coefficient (Wildman–Crippen LogP) is 2.87. The highest BCUT2D eigenvalue weighted by Crippen LogP contribution is 2.25. The van der Waals surface area contributed by atoms with Gasteiger partial charge in [0.15, 0.2) is 0 Å². The number of aromatic nitrogens is 1. The molecule has 118 valence electrons. The van der Waals surface area contributed by atoms with Crippen LogP contribution < -0.4 is 11.1 Å². The van der Waals surface area contributed by atoms with Crippen LogP contribution >= 0.6 is 11.3 Å². The van der Waals surface area contributed by atoms with Crippen LogP contribution in [0.3, 0.4) is 0 Å². The summed E-state index contributed by atoms with van der Waals surface area (Å²) in [5.74, 6) is -0.0603. The fourth-order valence-corrected chi connectivity index (χ4v) is 2.91. The molecule has 1 aromatic carbocycles. The Morgan fingerprint density at radius 3 is 2.50 bits per heavy atom. The molecule has 0 saturated carbocycles. The highest BCUT2D eigenvalue weighted by atomic mass is 32.1. The van der Waals surface area contributed by atoms with Gasteiger partial charge in [0.2, 0.25) is 0 Å². The quantitative estimate of drug-likeness (QED) is 0.891. The first-order chi connectivity index (χ1) is 10.4. The Balaban J connectivity index is 1.85. The van der Waals surface area contributed by atoms with Gasteiger partial charge in [-0.3, -0.25) is 4.79 Å². The molecule has 0 aliphatic rings. The average Bonchev–Trinajstić information content (AvgIpc) is 2.96. The smallest absolute Gasteiger partial charge is 0.251 e. The van der Waals surface area contributed by atoms with Gasteiger partial charge in [0, 0.05) is 35.9 Å². The monoisotopic (exact) mass is 317 g/mol. The SMILES string of the molecule is CC(C)(C)c1nc(CCNC(=O)c2ccc(CN)cc2)cs1. The van der Waals surface area contributed by atoms with Crippen LogP contribution in [0.4, 0.5) is 0 Å². The summed E-state index contributed by atoms with van der Waals surface area (Å²) in [7, 11) is 0. The number of rotatable bonds is 5. The highest BCUT2D eigenvalue weighted by molar-refractivity contribution is 7.09. The van der Waals surface area contributed by atoms with Crippen molar-refractivity contribution in [3.8, 4) is 0 Å². The Morgan fingerprint density at radius 2 is 1.95 bits per heavy atom. The topological polar surface area (TPSA) is 68.0 Å². The largest absolute Gasteiger partial charge is 0.352 e. The minimum absolute atomic E-state index is 0.0603. The van der Waals surface area contributed by atoms with E-state index >= 15 is 0 Å². The Morgan fingerprint density at radius 1 is 1.27 bits per heavy atom. The number of nitrogens with zero attached hydrogens (tertiary/aromatic N) is 1. The Labute approximate surface area is 135 Å². The average molecular weight is 317 g/mol. The van der Waals surface area contributed by atoms with Crippen LogP contribution in [0.2, 0.25) is 0 Å². The lowest BCUT2D eigenvalue weighted by Gasteiger charge is -2.13. The van der Waals surface area contributed by atoms with Crippen LogP contribution in [0.15, 0.2) is 29.6 Å². The number of carbonyl (C=O) groups is 1. The van der Waals surface area contributed by atoms with E-state index in [-0.39, 0.29) is 11.3 Å². The first-order valence-corrected chi connectivity index (χ1v) is 8.30. The third kappa shape index (κ3) is 4.39. The van der Waals surface area contributed by atoms with Crippen LogP contribution in [0, 0.1) is 0 Å². The first kappa shape index (κ1) is 16.6. The highest BCUT2D eigenvalue weighted by Gasteiger charge is 2.17. The molecule has 0 bridgehead atoms. The molecule has 0 spiro atoms. The van der Waals surface area contributed by atoms with Gasteiger partial charge in [-0.2, -0.15) is 0 Å². The number of amides is 1. The van der Waals surface area contributed by atoms with Gasteiger partial charge in [0.1, 0.15) is 0 Å². The molecule has 0 radical (unpaired) electrons. The summed E-state index contributed by atoms with van der Waals surface area (Å²) in [6.07, 6.45) is 0.749. The molecule has 4 nitrogen and oxygen atoms in total. The van der Waals surface area contributed by atoms with Crippen molar-refractivity contribution in [3.63, 3.8) is 0 Å². The summed E-state index contributed by atoms with van der Waals surface area (Å²) < 4.78 is 0. The molecule has 0 aliphatic heterocycles. The van der Waals surface area contributed by atoms with Gasteiger partial charge in [-0.15, -0.1) is 11.3 Å². The zero-order chi connectivity index (χ0) is 16.2. The number of nitrogens with two attached hydrogens (primary N) is 1. The van der Waals surface area contributed by atoms with E-state index in [9.17, 15) is 4.79 Å². The molecule has 1 aromatic heterocycles. The third-order valence-electron chi connectivity index (χ3n) is 3.31. The first-order valence-electron chi connectivity index (χ1n) is 7.42. The van der Waals surface area contributed by atoms with Crippen molar-refractivity contribution in [2.24, 2.45) is 5.73 Å². The minimum Gasteiger partial charge on any atom is -0.352 e. The maximum absolute atomic E-state index is 12.0. The van der Waals surface area contributed by atoms with Crippen molar-refractivity contribution < 1.29 is 4.79 Å². The number of hydrogen-bond donors (Lipinski definition) is 2. The molecule has 2 aromatic rings. The molecule has 5 heteroatoms. The number of thiazole rings is 1. The van der Waals surface area contributed by atoms with E-state index in [4.69, 9.17) is 5.73 Å². The Hall–Kier alpha value is -1.72. The van der Waals surface area contributed by atoms with Crippen LogP contribution in [0.5, 0.6) is 0 Å². The number of nitrogens with one attached hydrogen (secondary N) is 1. The van der Waals surface area contributed by atoms with Crippen LogP contribution in [0.1, 0.15) is 47.4 Å². The van der Waals surface area contributed by atoms with E-state index in [1.54, 1.807) is 23.5 Å². The maximum atomic E-state index is 12.0. The molecule has 0 saturated heterocycles. The Bertz CT molecular complexity index is 626. The van der Waals surface area contributed by atoms with Gasteiger partial charge in [-0.25, -0.2) is 4.98 Å². The van der Waals surface area contributed by atoms with E-state index in [0.29, 0.717) is 18.7 Å². The Kier molecular flexibility index (Phi) is 5.32. The standard InChI is InChI=1S/C17H23N3OS/c1-17(2,3)16-20-14(11-22-16)8-9-19-15(21)13-6-4-12(10-18)5-7-13/h4-7,11H,8-10,18H2,1-3H3,(H,19,21). The summed E-state index contributed by atoms with van der Waals surface area (Å²) in [4.78, 5) is 16.7. The summed E-state index contributed by atoms with van der Waals surface area (Å²) in [6, 6.07) is 7.37. The lowest BCUT2D eigenvalue weighted by molar-refractivity contribution is 0.0954. The van der Waals surface area contributed by atoms with Crippen molar-refractivity contribution in [1.29, 1.82) is 0 Å². The number of benzene rings is 1. The van der Waals surface area contributed by atoms with Gasteiger partial charge in [0.25, 0.3) is 5.91 Å². The fraction of sp³-hybridized carbons (Fsp3) is 0.412. The van der Waals surface area contributed by atoms with Crippen LogP contribution in [0.25, 0.3) is 0 Å². The van der Waals surface area contributed by atoms with E-state index in [2.05, 4.69) is 36.5 Å². The van der Waals surface area contributed by atoms with Crippen LogP contribution in [-0.4, -0.2) is 17.4 Å². The summed E-state index contributed by atoms with van der Waals surface area (Å²) in [5.41, 5.74) is 8.34. The minimum atomic E-state index is -0.0603. The number of hydrogen-bond acceptors (Lipinski definition) is 4. The molecule has 0 atom stereocenters. The fourth-order valence-electron chi connectivity index (χ4n) is 1.96. The normalized spacial score (nSPS) is 11.5. The predicted molar refractivity (Wildman–Crippen MR) is 91.2 cm³/mol. The third-order valence-corrected chi connectivity index (χ3v) is 4.63. The number of carbonyl (C=O) groups excluding carboxylic acids is 1. The van der Waals surface area contributed by atoms with Gasteiger partial charge < -0.3 is 11.1 Å². The molecule has 3 N–H and O–H groups in total. The van der Waals surface area contributed by atoms with E-state index in [1.807, 2.05) is 12.1 Å². The summed E-state index contributed by atoms with van der Waals surface area (Å²) >= 11 is 1.68. The molecule has 1 amide bonds. The zero-order valence-electron chi connectivity index (χ0n) is 13.3. The van der Waals surface area contributed by atoms with Gasteiger partial charge in [0.05, 0.1) is 10.7 Å².